The van der Waals surface area contributed by atoms with Crippen molar-refractivity contribution in [1.82, 2.24) is 15.2 Å². The van der Waals surface area contributed by atoms with E-state index in [4.69, 9.17) is 0 Å². The number of amides is 1. The lowest BCUT2D eigenvalue weighted by Gasteiger charge is -2.03. The number of non-ortho nitro benzene ring substituents is 1. The van der Waals surface area contributed by atoms with Crippen molar-refractivity contribution in [3.63, 3.8) is 0 Å². The summed E-state index contributed by atoms with van der Waals surface area (Å²) in [5.74, 6) is -0.549. The van der Waals surface area contributed by atoms with Gasteiger partial charge in [-0.2, -0.15) is 10.1 Å². The molecule has 0 fully saturated rings. The first-order valence-electron chi connectivity index (χ1n) is 8.14. The molecule has 3 rings (SSSR count). The van der Waals surface area contributed by atoms with Crippen LogP contribution in [0.3, 0.4) is 0 Å². The largest absolute Gasteiger partial charge is 0.325 e. The molecule has 3 aromatic rings. The summed E-state index contributed by atoms with van der Waals surface area (Å²) in [4.78, 5) is 26.3. The van der Waals surface area contributed by atoms with Crippen LogP contribution in [-0.2, 0) is 4.79 Å². The van der Waals surface area contributed by atoms with Gasteiger partial charge in [0, 0.05) is 23.4 Å². The van der Waals surface area contributed by atoms with E-state index in [-0.39, 0.29) is 23.3 Å². The molecule has 10 nitrogen and oxygen atoms in total. The third kappa shape index (κ3) is 5.84. The molecule has 1 amide bonds. The molecule has 0 saturated carbocycles. The number of hydrogen-bond donors (Lipinski definition) is 3. The average molecular weight is 415 g/mol. The third-order valence-corrected chi connectivity index (χ3v) is 4.26. The summed E-state index contributed by atoms with van der Waals surface area (Å²) in [7, 11) is 0. The number of aromatic nitrogens is 3. The van der Waals surface area contributed by atoms with E-state index >= 15 is 0 Å². The van der Waals surface area contributed by atoms with E-state index in [9.17, 15) is 19.3 Å². The molecule has 0 unspecified atom stereocenters. The van der Waals surface area contributed by atoms with Gasteiger partial charge in [-0.3, -0.25) is 14.9 Å². The van der Waals surface area contributed by atoms with Crippen LogP contribution in [-0.4, -0.2) is 38.0 Å². The Labute approximate surface area is 167 Å². The highest BCUT2D eigenvalue weighted by Gasteiger charge is 2.10. The Kier molecular flexibility index (Phi) is 6.47. The van der Waals surface area contributed by atoms with Crippen LogP contribution >= 0.6 is 11.8 Å². The van der Waals surface area contributed by atoms with Gasteiger partial charge in [-0.25, -0.2) is 14.9 Å². The van der Waals surface area contributed by atoms with Crippen molar-refractivity contribution in [3.05, 3.63) is 70.0 Å². The number of nitrogens with one attached hydrogen (secondary N) is 3. The zero-order chi connectivity index (χ0) is 20.6. The Hall–Kier alpha value is -3.80. The molecule has 0 bridgehead atoms. The molecule has 1 aromatic heterocycles. The molecule has 2 aromatic carbocycles. The summed E-state index contributed by atoms with van der Waals surface area (Å²) < 4.78 is 13.5. The Morgan fingerprint density at radius 3 is 2.93 bits per heavy atom. The highest BCUT2D eigenvalue weighted by molar-refractivity contribution is 7.99. The number of halogens is 1. The van der Waals surface area contributed by atoms with E-state index in [1.165, 1.54) is 30.5 Å². The van der Waals surface area contributed by atoms with E-state index in [2.05, 4.69) is 31.0 Å². The lowest BCUT2D eigenvalue weighted by atomic mass is 10.2. The lowest BCUT2D eigenvalue weighted by molar-refractivity contribution is -0.384. The molecule has 0 atom stereocenters. The fourth-order valence-electron chi connectivity index (χ4n) is 2.13. The second kappa shape index (κ2) is 9.41. The number of thioether (sulfide) groups is 1. The van der Waals surface area contributed by atoms with Crippen LogP contribution in [0.15, 0.2) is 58.8 Å². The number of benzene rings is 2. The first-order chi connectivity index (χ1) is 14.0. The van der Waals surface area contributed by atoms with Gasteiger partial charge in [0.15, 0.2) is 0 Å². The summed E-state index contributed by atoms with van der Waals surface area (Å²) in [5, 5.41) is 24.0. The highest BCUT2D eigenvalue weighted by atomic mass is 32.2. The van der Waals surface area contributed by atoms with Gasteiger partial charge in [-0.05, 0) is 12.1 Å². The number of anilines is 2. The maximum absolute atomic E-state index is 13.5. The van der Waals surface area contributed by atoms with Crippen molar-refractivity contribution in [2.45, 2.75) is 5.16 Å². The minimum absolute atomic E-state index is 0.00151. The maximum Gasteiger partial charge on any atom is 0.271 e. The molecule has 0 aliphatic carbocycles. The van der Waals surface area contributed by atoms with Crippen LogP contribution in [0.4, 0.5) is 21.7 Å². The molecule has 148 valence electrons. The first-order valence-corrected chi connectivity index (χ1v) is 9.13. The normalized spacial score (nSPS) is 10.8. The maximum atomic E-state index is 13.5. The number of aromatic amines is 1. The van der Waals surface area contributed by atoms with Crippen LogP contribution in [0.2, 0.25) is 0 Å². The molecule has 0 aliphatic rings. The highest BCUT2D eigenvalue weighted by Crippen LogP contribution is 2.18. The van der Waals surface area contributed by atoms with Crippen molar-refractivity contribution in [3.8, 4) is 0 Å². The third-order valence-electron chi connectivity index (χ3n) is 3.42. The van der Waals surface area contributed by atoms with Crippen LogP contribution in [0.5, 0.6) is 0 Å². The number of carbonyl (C=O) groups is 1. The van der Waals surface area contributed by atoms with Gasteiger partial charge < -0.3 is 5.32 Å². The molecule has 0 aliphatic heterocycles. The number of hydrazone groups is 1. The SMILES string of the molecule is O=C(CSc1n[nH]c(N/N=C\c2ccccc2F)n1)Nc1cccc([N+](=O)[O-])c1. The molecule has 29 heavy (non-hydrogen) atoms. The fraction of sp³-hybridized carbons (Fsp3) is 0.0588. The summed E-state index contributed by atoms with van der Waals surface area (Å²) in [5.41, 5.74) is 3.10. The smallest absolute Gasteiger partial charge is 0.271 e. The van der Waals surface area contributed by atoms with Gasteiger partial charge in [-0.1, -0.05) is 36.0 Å². The van der Waals surface area contributed by atoms with Gasteiger partial charge in [0.25, 0.3) is 5.69 Å². The molecule has 0 saturated heterocycles. The predicted octanol–water partition coefficient (Wildman–Crippen LogP) is 3.03. The van der Waals surface area contributed by atoms with Crippen LogP contribution < -0.4 is 10.7 Å². The van der Waals surface area contributed by atoms with Gasteiger partial charge in [0.2, 0.25) is 17.0 Å². The number of nitrogens with zero attached hydrogens (tertiary/aromatic N) is 4. The monoisotopic (exact) mass is 415 g/mol. The van der Waals surface area contributed by atoms with Crippen molar-refractivity contribution in [1.29, 1.82) is 0 Å². The number of H-pyrrole nitrogens is 1. The zero-order valence-electron chi connectivity index (χ0n) is 14.7. The van der Waals surface area contributed by atoms with E-state index in [1.807, 2.05) is 0 Å². The molecule has 0 radical (unpaired) electrons. The van der Waals surface area contributed by atoms with Crippen molar-refractivity contribution in [2.24, 2.45) is 5.10 Å². The van der Waals surface area contributed by atoms with E-state index in [0.29, 0.717) is 16.4 Å². The minimum atomic E-state index is -0.540. The summed E-state index contributed by atoms with van der Waals surface area (Å²) in [6.45, 7) is 0. The summed E-state index contributed by atoms with van der Waals surface area (Å²) in [6.07, 6.45) is 1.30. The molecule has 12 heteroatoms. The lowest BCUT2D eigenvalue weighted by Crippen LogP contribution is -2.14. The second-order valence-electron chi connectivity index (χ2n) is 5.50. The minimum Gasteiger partial charge on any atom is -0.325 e. The number of nitro benzene ring substituents is 1. The predicted molar refractivity (Wildman–Crippen MR) is 106 cm³/mol. The van der Waals surface area contributed by atoms with Crippen LogP contribution in [0, 0.1) is 15.9 Å². The Balaban J connectivity index is 1.49. The van der Waals surface area contributed by atoms with Crippen molar-refractivity contribution in [2.75, 3.05) is 16.5 Å². The van der Waals surface area contributed by atoms with Crippen LogP contribution in [0.25, 0.3) is 0 Å². The van der Waals surface area contributed by atoms with Crippen molar-refractivity contribution >= 4 is 41.2 Å². The Bertz CT molecular complexity index is 1060. The zero-order valence-corrected chi connectivity index (χ0v) is 15.5. The number of rotatable bonds is 8. The first kappa shape index (κ1) is 19.9. The second-order valence-corrected chi connectivity index (χ2v) is 6.44. The van der Waals surface area contributed by atoms with E-state index in [1.54, 1.807) is 24.3 Å². The standard InChI is InChI=1S/C17H14FN7O3S/c18-14-7-2-1-4-11(14)9-19-22-16-21-17(24-23-16)29-10-15(26)20-12-5-3-6-13(8-12)25(27)28/h1-9H,10H2,(H,20,26)(H2,21,22,23,24)/b19-9-. The van der Waals surface area contributed by atoms with Crippen LogP contribution in [0.1, 0.15) is 5.56 Å². The molecular formula is C17H14FN7O3S. The Morgan fingerprint density at radius 2 is 2.14 bits per heavy atom. The van der Waals surface area contributed by atoms with Gasteiger partial charge in [0.05, 0.1) is 16.9 Å². The van der Waals surface area contributed by atoms with Gasteiger partial charge >= 0.3 is 0 Å². The molecular weight excluding hydrogens is 401 g/mol. The number of hydrogen-bond acceptors (Lipinski definition) is 8. The van der Waals surface area contributed by atoms with Gasteiger partial charge in [-0.15, -0.1) is 5.10 Å². The average Bonchev–Trinajstić information content (AvgIpc) is 3.16. The fourth-order valence-corrected chi connectivity index (χ4v) is 2.73. The van der Waals surface area contributed by atoms with Crippen molar-refractivity contribution < 1.29 is 14.1 Å². The number of carbonyl (C=O) groups excluding carboxylic acids is 1. The molecule has 3 N–H and O–H groups in total. The summed E-state index contributed by atoms with van der Waals surface area (Å²) >= 11 is 1.06. The van der Waals surface area contributed by atoms with E-state index in [0.717, 1.165) is 11.8 Å². The van der Waals surface area contributed by atoms with Gasteiger partial charge in [0.1, 0.15) is 5.82 Å². The molecule has 1 heterocycles. The summed E-state index contributed by atoms with van der Waals surface area (Å²) in [6, 6.07) is 11.8. The topological polar surface area (TPSA) is 138 Å². The molecule has 0 spiro atoms. The van der Waals surface area contributed by atoms with E-state index < -0.39 is 10.7 Å². The Morgan fingerprint density at radius 1 is 1.31 bits per heavy atom. The number of nitro groups is 1. The quantitative estimate of drug-likeness (QED) is 0.222.